The predicted molar refractivity (Wildman–Crippen MR) is 139 cm³/mol. The van der Waals surface area contributed by atoms with E-state index in [-0.39, 0.29) is 23.6 Å². The van der Waals surface area contributed by atoms with Crippen molar-refractivity contribution in [2.24, 2.45) is 10.9 Å². The fourth-order valence-electron chi connectivity index (χ4n) is 4.33. The predicted octanol–water partition coefficient (Wildman–Crippen LogP) is 4.04. The number of thiazole rings is 1. The zero-order valence-electron chi connectivity index (χ0n) is 21.0. The standard InChI is InChI=1S/C26H31N3O5S2/c1-5-34-24(30)16-29-22-13-18(3)19(4)14-23(22)35-26(29)27-25(31)20-8-10-21(11-9-20)36(32,33)28-12-6-7-17(2)15-28/h8-11,13-14,17H,5-7,12,15-16H2,1-4H3. The highest BCUT2D eigenvalue weighted by molar-refractivity contribution is 7.89. The highest BCUT2D eigenvalue weighted by Gasteiger charge is 2.28. The van der Waals surface area contributed by atoms with E-state index in [4.69, 9.17) is 4.74 Å². The Balaban J connectivity index is 1.67. The van der Waals surface area contributed by atoms with Gasteiger partial charge in [0, 0.05) is 18.7 Å². The molecule has 1 aromatic heterocycles. The van der Waals surface area contributed by atoms with Gasteiger partial charge in [0.25, 0.3) is 5.91 Å². The van der Waals surface area contributed by atoms with E-state index in [9.17, 15) is 18.0 Å². The quantitative estimate of drug-likeness (QED) is 0.449. The lowest BCUT2D eigenvalue weighted by molar-refractivity contribution is -0.143. The smallest absolute Gasteiger partial charge is 0.326 e. The van der Waals surface area contributed by atoms with Crippen LogP contribution >= 0.6 is 11.3 Å². The number of esters is 1. The lowest BCUT2D eigenvalue weighted by atomic mass is 10.0. The molecule has 0 aliphatic carbocycles. The molecule has 0 N–H and O–H groups in total. The minimum Gasteiger partial charge on any atom is -0.465 e. The second-order valence-corrected chi connectivity index (χ2v) is 12.2. The van der Waals surface area contributed by atoms with Gasteiger partial charge >= 0.3 is 5.97 Å². The molecule has 192 valence electrons. The molecule has 2 aromatic carbocycles. The average molecular weight is 530 g/mol. The van der Waals surface area contributed by atoms with E-state index in [0.29, 0.717) is 23.8 Å². The highest BCUT2D eigenvalue weighted by atomic mass is 32.2. The van der Waals surface area contributed by atoms with E-state index in [1.807, 2.05) is 26.0 Å². The molecule has 4 rings (SSSR count). The summed E-state index contributed by atoms with van der Waals surface area (Å²) >= 11 is 1.32. The summed E-state index contributed by atoms with van der Waals surface area (Å²) in [6, 6.07) is 9.89. The molecule has 36 heavy (non-hydrogen) atoms. The SMILES string of the molecule is CCOC(=O)Cn1c(=NC(=O)c2ccc(S(=O)(=O)N3CCCC(C)C3)cc2)sc2cc(C)c(C)cc21. The van der Waals surface area contributed by atoms with Crippen LogP contribution in [0.3, 0.4) is 0 Å². The maximum Gasteiger partial charge on any atom is 0.326 e. The molecule has 0 saturated carbocycles. The Morgan fingerprint density at radius 1 is 1.14 bits per heavy atom. The third-order valence-electron chi connectivity index (χ3n) is 6.45. The topological polar surface area (TPSA) is 98.0 Å². The van der Waals surface area contributed by atoms with Gasteiger partial charge in [-0.15, -0.1) is 0 Å². The third kappa shape index (κ3) is 5.45. The van der Waals surface area contributed by atoms with Gasteiger partial charge in [0.2, 0.25) is 10.0 Å². The van der Waals surface area contributed by atoms with E-state index < -0.39 is 21.9 Å². The van der Waals surface area contributed by atoms with Crippen LogP contribution in [0.2, 0.25) is 0 Å². The van der Waals surface area contributed by atoms with E-state index >= 15 is 0 Å². The fraction of sp³-hybridized carbons (Fsp3) is 0.423. The number of fused-ring (bicyclic) bond motifs is 1. The van der Waals surface area contributed by atoms with Crippen molar-refractivity contribution >= 4 is 43.5 Å². The second kappa shape index (κ2) is 10.7. The zero-order chi connectivity index (χ0) is 26.0. The van der Waals surface area contributed by atoms with Crippen LogP contribution in [-0.4, -0.2) is 48.9 Å². The summed E-state index contributed by atoms with van der Waals surface area (Å²) in [5.74, 6) is -0.600. The van der Waals surface area contributed by atoms with Crippen LogP contribution in [0.5, 0.6) is 0 Å². The van der Waals surface area contributed by atoms with Crippen molar-refractivity contribution in [2.45, 2.75) is 52.0 Å². The Labute approximate surface area is 215 Å². The largest absolute Gasteiger partial charge is 0.465 e. The molecule has 1 unspecified atom stereocenters. The fourth-order valence-corrected chi connectivity index (χ4v) is 7.04. The first-order valence-electron chi connectivity index (χ1n) is 12.1. The van der Waals surface area contributed by atoms with E-state index in [1.54, 1.807) is 11.5 Å². The Bertz CT molecular complexity index is 1470. The van der Waals surface area contributed by atoms with Crippen LogP contribution in [-0.2, 0) is 26.1 Å². The van der Waals surface area contributed by atoms with Crippen LogP contribution in [0.1, 0.15) is 48.2 Å². The average Bonchev–Trinajstić information content (AvgIpc) is 3.15. The molecule has 1 aliphatic heterocycles. The number of carbonyl (C=O) groups excluding carboxylic acids is 2. The summed E-state index contributed by atoms with van der Waals surface area (Å²) in [6.07, 6.45) is 1.86. The van der Waals surface area contributed by atoms with Gasteiger partial charge in [0.15, 0.2) is 4.80 Å². The lowest BCUT2D eigenvalue weighted by Crippen LogP contribution is -2.39. The van der Waals surface area contributed by atoms with Gasteiger partial charge in [-0.2, -0.15) is 9.30 Å². The molecule has 2 heterocycles. The second-order valence-electron chi connectivity index (χ2n) is 9.23. The van der Waals surface area contributed by atoms with Crippen molar-refractivity contribution in [1.82, 2.24) is 8.87 Å². The summed E-state index contributed by atoms with van der Waals surface area (Å²) in [6.45, 7) is 9.00. The van der Waals surface area contributed by atoms with Gasteiger partial charge in [-0.3, -0.25) is 9.59 Å². The first-order chi connectivity index (χ1) is 17.1. The molecule has 0 bridgehead atoms. The van der Waals surface area contributed by atoms with Crippen molar-refractivity contribution in [3.8, 4) is 0 Å². The Hall–Kier alpha value is -2.82. The number of carbonyl (C=O) groups is 2. The van der Waals surface area contributed by atoms with Gasteiger partial charge in [0.05, 0.1) is 21.7 Å². The summed E-state index contributed by atoms with van der Waals surface area (Å²) in [4.78, 5) is 30.2. The molecule has 1 fully saturated rings. The molecule has 1 amide bonds. The van der Waals surface area contributed by atoms with Crippen LogP contribution in [0.15, 0.2) is 46.3 Å². The number of piperidine rings is 1. The van der Waals surface area contributed by atoms with Crippen molar-refractivity contribution in [3.05, 3.63) is 57.9 Å². The number of nitrogens with zero attached hydrogens (tertiary/aromatic N) is 3. The maximum absolute atomic E-state index is 13.0. The van der Waals surface area contributed by atoms with Crippen LogP contribution in [0.4, 0.5) is 0 Å². The van der Waals surface area contributed by atoms with Gasteiger partial charge < -0.3 is 9.30 Å². The number of hydrogen-bond donors (Lipinski definition) is 0. The van der Waals surface area contributed by atoms with Gasteiger partial charge in [-0.1, -0.05) is 18.3 Å². The summed E-state index contributed by atoms with van der Waals surface area (Å²) in [7, 11) is -3.61. The minimum atomic E-state index is -3.61. The molecule has 1 saturated heterocycles. The molecular formula is C26H31N3O5S2. The number of rotatable bonds is 6. The zero-order valence-corrected chi connectivity index (χ0v) is 22.6. The summed E-state index contributed by atoms with van der Waals surface area (Å²) in [5, 5.41) is 0. The van der Waals surface area contributed by atoms with Gasteiger partial charge in [-0.05, 0) is 87.1 Å². The molecule has 1 atom stereocenters. The molecule has 8 nitrogen and oxygen atoms in total. The van der Waals surface area contributed by atoms with E-state index in [1.165, 1.54) is 39.9 Å². The number of aryl methyl sites for hydroxylation is 2. The first-order valence-corrected chi connectivity index (χ1v) is 14.3. The van der Waals surface area contributed by atoms with Crippen LogP contribution in [0, 0.1) is 19.8 Å². The van der Waals surface area contributed by atoms with Gasteiger partial charge in [-0.25, -0.2) is 8.42 Å². The van der Waals surface area contributed by atoms with Crippen LogP contribution < -0.4 is 4.80 Å². The first kappa shape index (κ1) is 26.2. The number of ether oxygens (including phenoxy) is 1. The maximum atomic E-state index is 13.0. The van der Waals surface area contributed by atoms with Crippen molar-refractivity contribution < 1.29 is 22.7 Å². The summed E-state index contributed by atoms with van der Waals surface area (Å²) < 4.78 is 35.3. The van der Waals surface area contributed by atoms with E-state index in [2.05, 4.69) is 11.9 Å². The number of amides is 1. The lowest BCUT2D eigenvalue weighted by Gasteiger charge is -2.30. The number of hydrogen-bond acceptors (Lipinski definition) is 6. The molecular weight excluding hydrogens is 498 g/mol. The van der Waals surface area contributed by atoms with E-state index in [0.717, 1.165) is 34.2 Å². The van der Waals surface area contributed by atoms with Crippen molar-refractivity contribution in [2.75, 3.05) is 19.7 Å². The number of sulfonamides is 1. The normalized spacial score (nSPS) is 17.4. The minimum absolute atomic E-state index is 0.0616. The number of benzene rings is 2. The summed E-state index contributed by atoms with van der Waals surface area (Å²) in [5.41, 5.74) is 3.24. The highest BCUT2D eigenvalue weighted by Crippen LogP contribution is 2.24. The number of aromatic nitrogens is 1. The third-order valence-corrected chi connectivity index (χ3v) is 9.37. The van der Waals surface area contributed by atoms with Crippen molar-refractivity contribution in [3.63, 3.8) is 0 Å². The molecule has 1 aliphatic rings. The molecule has 10 heteroatoms. The molecule has 0 spiro atoms. The Morgan fingerprint density at radius 3 is 2.50 bits per heavy atom. The molecule has 0 radical (unpaired) electrons. The monoisotopic (exact) mass is 529 g/mol. The molecule has 3 aromatic rings. The van der Waals surface area contributed by atoms with Crippen molar-refractivity contribution in [1.29, 1.82) is 0 Å². The van der Waals surface area contributed by atoms with Crippen LogP contribution in [0.25, 0.3) is 10.2 Å². The Kier molecular flexibility index (Phi) is 7.77. The van der Waals surface area contributed by atoms with Gasteiger partial charge in [0.1, 0.15) is 6.54 Å². The Morgan fingerprint density at radius 2 is 1.83 bits per heavy atom.